The number of hydrogen-bond acceptors (Lipinski definition) is 5. The molecule has 0 spiro atoms. The van der Waals surface area contributed by atoms with Crippen LogP contribution in [0.1, 0.15) is 17.5 Å². The summed E-state index contributed by atoms with van der Waals surface area (Å²) in [7, 11) is 0. The average Bonchev–Trinajstić information content (AvgIpc) is 2.89. The number of benzene rings is 1. The van der Waals surface area contributed by atoms with Crippen molar-refractivity contribution in [3.63, 3.8) is 0 Å². The van der Waals surface area contributed by atoms with Crippen molar-refractivity contribution in [1.29, 1.82) is 0 Å². The molecule has 110 valence electrons. The number of amides is 1. The van der Waals surface area contributed by atoms with Gasteiger partial charge in [-0.25, -0.2) is 0 Å². The SMILES string of the molecule is C[C@@H]1CNCCN1C(=O)c1cc2cc([N+](=O)[O-])ccc2o1. The van der Waals surface area contributed by atoms with E-state index in [0.29, 0.717) is 17.5 Å². The Kier molecular flexibility index (Phi) is 3.34. The summed E-state index contributed by atoms with van der Waals surface area (Å²) in [5, 5.41) is 14.6. The van der Waals surface area contributed by atoms with E-state index in [0.717, 1.165) is 13.1 Å². The van der Waals surface area contributed by atoms with E-state index in [1.807, 2.05) is 6.92 Å². The van der Waals surface area contributed by atoms with Gasteiger partial charge in [-0.2, -0.15) is 0 Å². The Morgan fingerprint density at radius 2 is 2.29 bits per heavy atom. The van der Waals surface area contributed by atoms with Crippen molar-refractivity contribution in [3.05, 3.63) is 40.1 Å². The van der Waals surface area contributed by atoms with Gasteiger partial charge in [0.25, 0.3) is 11.6 Å². The zero-order chi connectivity index (χ0) is 15.0. The normalized spacial score (nSPS) is 18.9. The second kappa shape index (κ2) is 5.17. The Hall–Kier alpha value is -2.41. The Bertz CT molecular complexity index is 709. The third kappa shape index (κ3) is 2.47. The van der Waals surface area contributed by atoms with Crippen LogP contribution in [0.25, 0.3) is 11.0 Å². The molecule has 1 aromatic carbocycles. The van der Waals surface area contributed by atoms with Gasteiger partial charge in [0.1, 0.15) is 5.58 Å². The van der Waals surface area contributed by atoms with Crippen LogP contribution in [-0.2, 0) is 0 Å². The smallest absolute Gasteiger partial charge is 0.289 e. The number of furan rings is 1. The second-order valence-corrected chi connectivity index (χ2v) is 5.14. The van der Waals surface area contributed by atoms with Gasteiger partial charge < -0.3 is 14.6 Å². The molecule has 1 aliphatic rings. The maximum Gasteiger partial charge on any atom is 0.289 e. The zero-order valence-corrected chi connectivity index (χ0v) is 11.5. The molecule has 1 aromatic heterocycles. The molecule has 21 heavy (non-hydrogen) atoms. The first kappa shape index (κ1) is 13.6. The van der Waals surface area contributed by atoms with Gasteiger partial charge in [0.15, 0.2) is 5.76 Å². The lowest BCUT2D eigenvalue weighted by Gasteiger charge is -2.33. The van der Waals surface area contributed by atoms with Crippen molar-refractivity contribution in [2.24, 2.45) is 0 Å². The van der Waals surface area contributed by atoms with Crippen LogP contribution in [0.15, 0.2) is 28.7 Å². The Balaban J connectivity index is 1.93. The van der Waals surface area contributed by atoms with E-state index in [4.69, 9.17) is 4.42 Å². The van der Waals surface area contributed by atoms with E-state index in [1.165, 1.54) is 18.2 Å². The largest absolute Gasteiger partial charge is 0.451 e. The molecule has 1 atom stereocenters. The quantitative estimate of drug-likeness (QED) is 0.672. The lowest BCUT2D eigenvalue weighted by Crippen LogP contribution is -2.52. The molecule has 1 aliphatic heterocycles. The molecule has 0 saturated carbocycles. The molecule has 2 heterocycles. The Labute approximate surface area is 120 Å². The minimum Gasteiger partial charge on any atom is -0.451 e. The van der Waals surface area contributed by atoms with Gasteiger partial charge in [-0.3, -0.25) is 14.9 Å². The van der Waals surface area contributed by atoms with Gasteiger partial charge in [-0.15, -0.1) is 0 Å². The number of rotatable bonds is 2. The minimum absolute atomic E-state index is 0.0159. The molecule has 2 aromatic rings. The topological polar surface area (TPSA) is 88.6 Å². The highest BCUT2D eigenvalue weighted by molar-refractivity contribution is 5.96. The molecule has 0 unspecified atom stereocenters. The molecule has 0 aliphatic carbocycles. The van der Waals surface area contributed by atoms with E-state index in [9.17, 15) is 14.9 Å². The maximum atomic E-state index is 12.5. The molecular formula is C14H15N3O4. The summed E-state index contributed by atoms with van der Waals surface area (Å²) in [6.45, 7) is 4.09. The first-order chi connectivity index (χ1) is 10.1. The molecule has 1 saturated heterocycles. The van der Waals surface area contributed by atoms with Gasteiger partial charge >= 0.3 is 0 Å². The van der Waals surface area contributed by atoms with E-state index in [1.54, 1.807) is 11.0 Å². The van der Waals surface area contributed by atoms with Crippen LogP contribution >= 0.6 is 0 Å². The fourth-order valence-electron chi connectivity index (χ4n) is 2.53. The second-order valence-electron chi connectivity index (χ2n) is 5.14. The summed E-state index contributed by atoms with van der Waals surface area (Å²) in [6.07, 6.45) is 0. The van der Waals surface area contributed by atoms with Crippen molar-refractivity contribution in [2.45, 2.75) is 13.0 Å². The van der Waals surface area contributed by atoms with Crippen molar-refractivity contribution in [1.82, 2.24) is 10.2 Å². The number of fused-ring (bicyclic) bond motifs is 1. The van der Waals surface area contributed by atoms with Crippen molar-refractivity contribution in [3.8, 4) is 0 Å². The number of nitrogens with zero attached hydrogens (tertiary/aromatic N) is 2. The van der Waals surface area contributed by atoms with Crippen LogP contribution in [0.5, 0.6) is 0 Å². The molecule has 7 nitrogen and oxygen atoms in total. The van der Waals surface area contributed by atoms with Crippen LogP contribution in [0, 0.1) is 10.1 Å². The average molecular weight is 289 g/mol. The molecule has 0 radical (unpaired) electrons. The van der Waals surface area contributed by atoms with Crippen molar-refractivity contribution >= 4 is 22.6 Å². The number of nitrogens with one attached hydrogen (secondary N) is 1. The van der Waals surface area contributed by atoms with Crippen LogP contribution in [-0.4, -0.2) is 41.4 Å². The predicted octanol–water partition coefficient (Wildman–Crippen LogP) is 1.77. The van der Waals surface area contributed by atoms with Gasteiger partial charge in [0, 0.05) is 43.2 Å². The molecular weight excluding hydrogens is 274 g/mol. The van der Waals surface area contributed by atoms with E-state index in [-0.39, 0.29) is 23.4 Å². The van der Waals surface area contributed by atoms with E-state index >= 15 is 0 Å². The lowest BCUT2D eigenvalue weighted by atomic mass is 10.2. The van der Waals surface area contributed by atoms with Crippen LogP contribution in [0.2, 0.25) is 0 Å². The minimum atomic E-state index is -0.466. The summed E-state index contributed by atoms with van der Waals surface area (Å²) >= 11 is 0. The first-order valence-corrected chi connectivity index (χ1v) is 6.76. The summed E-state index contributed by atoms with van der Waals surface area (Å²) in [5.74, 6) is 0.0436. The number of carbonyl (C=O) groups excluding carboxylic acids is 1. The van der Waals surface area contributed by atoms with Gasteiger partial charge in [0.05, 0.1) is 4.92 Å². The fraction of sp³-hybridized carbons (Fsp3) is 0.357. The summed E-state index contributed by atoms with van der Waals surface area (Å²) in [5.41, 5.74) is 0.463. The zero-order valence-electron chi connectivity index (χ0n) is 11.5. The summed E-state index contributed by atoms with van der Waals surface area (Å²) in [4.78, 5) is 24.5. The molecule has 7 heteroatoms. The molecule has 3 rings (SSSR count). The van der Waals surface area contributed by atoms with Crippen LogP contribution in [0.4, 0.5) is 5.69 Å². The highest BCUT2D eigenvalue weighted by atomic mass is 16.6. The highest BCUT2D eigenvalue weighted by Crippen LogP contribution is 2.25. The number of carbonyl (C=O) groups is 1. The number of non-ortho nitro benzene ring substituents is 1. The van der Waals surface area contributed by atoms with Gasteiger partial charge in [-0.1, -0.05) is 0 Å². The maximum absolute atomic E-state index is 12.5. The summed E-state index contributed by atoms with van der Waals surface area (Å²) < 4.78 is 5.53. The third-order valence-electron chi connectivity index (χ3n) is 3.68. The van der Waals surface area contributed by atoms with E-state index < -0.39 is 4.92 Å². The van der Waals surface area contributed by atoms with Gasteiger partial charge in [-0.05, 0) is 19.1 Å². The Morgan fingerprint density at radius 1 is 1.48 bits per heavy atom. The van der Waals surface area contributed by atoms with Crippen LogP contribution < -0.4 is 5.32 Å². The fourth-order valence-corrected chi connectivity index (χ4v) is 2.53. The monoisotopic (exact) mass is 289 g/mol. The number of nitro groups is 1. The molecule has 1 amide bonds. The molecule has 1 N–H and O–H groups in total. The molecule has 1 fully saturated rings. The number of piperazine rings is 1. The Morgan fingerprint density at radius 3 is 3.00 bits per heavy atom. The molecule has 0 bridgehead atoms. The standard InChI is InChI=1S/C14H15N3O4/c1-9-8-15-4-5-16(9)14(18)13-7-10-6-11(17(19)20)2-3-12(10)21-13/h2-3,6-7,9,15H,4-5,8H2,1H3/t9-/m1/s1. The van der Waals surface area contributed by atoms with Gasteiger partial charge in [0.2, 0.25) is 0 Å². The van der Waals surface area contributed by atoms with Crippen molar-refractivity contribution < 1.29 is 14.1 Å². The first-order valence-electron chi connectivity index (χ1n) is 6.76. The third-order valence-corrected chi connectivity index (χ3v) is 3.68. The van der Waals surface area contributed by atoms with E-state index in [2.05, 4.69) is 5.32 Å². The predicted molar refractivity (Wildman–Crippen MR) is 76.2 cm³/mol. The number of nitro benzene ring substituents is 1. The lowest BCUT2D eigenvalue weighted by molar-refractivity contribution is -0.384. The highest BCUT2D eigenvalue weighted by Gasteiger charge is 2.26. The van der Waals surface area contributed by atoms with Crippen molar-refractivity contribution in [2.75, 3.05) is 19.6 Å². The number of hydrogen-bond donors (Lipinski definition) is 1. The van der Waals surface area contributed by atoms with Crippen LogP contribution in [0.3, 0.4) is 0 Å². The summed E-state index contributed by atoms with van der Waals surface area (Å²) in [6, 6.07) is 5.96.